The van der Waals surface area contributed by atoms with Gasteiger partial charge in [0.25, 0.3) is 0 Å². The maximum Gasteiger partial charge on any atom is 0.368 e. The summed E-state index contributed by atoms with van der Waals surface area (Å²) >= 11 is 9.38. The van der Waals surface area contributed by atoms with Gasteiger partial charge >= 0.3 is 11.9 Å². The van der Waals surface area contributed by atoms with E-state index in [0.717, 1.165) is 4.47 Å². The molecule has 0 fully saturated rings. The summed E-state index contributed by atoms with van der Waals surface area (Å²) in [6, 6.07) is 14.9. The minimum absolute atomic E-state index is 0.0150. The van der Waals surface area contributed by atoms with Crippen LogP contribution in [0.15, 0.2) is 64.2 Å². The third kappa shape index (κ3) is 3.89. The number of oxime groups is 1. The van der Waals surface area contributed by atoms with E-state index in [0.29, 0.717) is 16.5 Å². The average molecular weight is 434 g/mol. The number of aromatic nitrogens is 1. The largest absolute Gasteiger partial charge is 0.476 e. The molecule has 3 aromatic rings. The van der Waals surface area contributed by atoms with Crippen LogP contribution in [0.25, 0.3) is 10.9 Å². The molecular weight excluding hydrogens is 424 g/mol. The van der Waals surface area contributed by atoms with E-state index in [-0.39, 0.29) is 10.7 Å². The van der Waals surface area contributed by atoms with Crippen molar-refractivity contribution in [1.82, 2.24) is 4.98 Å². The SMILES string of the molecule is O=C(O)/C(=N\OC(=O)c1cc2cc(Br)ccc2nc1Cl)c1ccccc1. The van der Waals surface area contributed by atoms with E-state index in [4.69, 9.17) is 16.4 Å². The van der Waals surface area contributed by atoms with E-state index in [1.165, 1.54) is 6.07 Å². The number of hydrogen-bond donors (Lipinski definition) is 1. The second-order valence-corrected chi connectivity index (χ2v) is 6.43. The summed E-state index contributed by atoms with van der Waals surface area (Å²) in [7, 11) is 0. The van der Waals surface area contributed by atoms with Crippen molar-refractivity contribution in [3.8, 4) is 0 Å². The Bertz CT molecular complexity index is 1040. The van der Waals surface area contributed by atoms with Gasteiger partial charge in [0.15, 0.2) is 5.71 Å². The number of carboxylic acids is 1. The summed E-state index contributed by atoms with van der Waals surface area (Å²) in [5.74, 6) is -2.23. The maximum atomic E-state index is 12.3. The highest BCUT2D eigenvalue weighted by Crippen LogP contribution is 2.24. The molecule has 0 saturated carbocycles. The van der Waals surface area contributed by atoms with Crippen LogP contribution < -0.4 is 0 Å². The summed E-state index contributed by atoms with van der Waals surface area (Å²) in [6.07, 6.45) is 0. The lowest BCUT2D eigenvalue weighted by Gasteiger charge is -2.05. The molecule has 3 rings (SSSR count). The van der Waals surface area contributed by atoms with Gasteiger partial charge in [-0.1, -0.05) is 63.0 Å². The number of halogens is 2. The molecule has 1 N–H and O–H groups in total. The van der Waals surface area contributed by atoms with Crippen molar-refractivity contribution in [2.24, 2.45) is 5.16 Å². The zero-order chi connectivity index (χ0) is 18.7. The zero-order valence-corrected chi connectivity index (χ0v) is 15.4. The summed E-state index contributed by atoms with van der Waals surface area (Å²) in [6.45, 7) is 0. The first-order chi connectivity index (χ1) is 12.5. The number of rotatable bonds is 4. The molecule has 0 aliphatic heterocycles. The normalized spacial score (nSPS) is 11.4. The highest BCUT2D eigenvalue weighted by atomic mass is 79.9. The van der Waals surface area contributed by atoms with Gasteiger partial charge < -0.3 is 9.94 Å². The Kier molecular flexibility index (Phi) is 5.29. The van der Waals surface area contributed by atoms with Crippen LogP contribution in [0.4, 0.5) is 0 Å². The van der Waals surface area contributed by atoms with E-state index in [1.54, 1.807) is 48.5 Å². The van der Waals surface area contributed by atoms with Gasteiger partial charge in [-0.2, -0.15) is 0 Å². The highest BCUT2D eigenvalue weighted by molar-refractivity contribution is 9.10. The van der Waals surface area contributed by atoms with Crippen molar-refractivity contribution in [2.75, 3.05) is 0 Å². The highest BCUT2D eigenvalue weighted by Gasteiger charge is 2.18. The number of carbonyl (C=O) groups excluding carboxylic acids is 1. The third-order valence-corrected chi connectivity index (χ3v) is 4.20. The van der Waals surface area contributed by atoms with Crippen LogP contribution in [0.2, 0.25) is 5.15 Å². The Morgan fingerprint density at radius 3 is 2.54 bits per heavy atom. The van der Waals surface area contributed by atoms with Crippen LogP contribution in [0.3, 0.4) is 0 Å². The fraction of sp³-hybridized carbons (Fsp3) is 0. The molecule has 130 valence electrons. The van der Waals surface area contributed by atoms with Gasteiger partial charge in [0.2, 0.25) is 0 Å². The van der Waals surface area contributed by atoms with Crippen LogP contribution in [0.1, 0.15) is 15.9 Å². The van der Waals surface area contributed by atoms with Crippen LogP contribution in [0.5, 0.6) is 0 Å². The minimum atomic E-state index is -1.32. The fourth-order valence-corrected chi connectivity index (χ4v) is 2.82. The quantitative estimate of drug-likeness (QED) is 0.287. The molecule has 0 radical (unpaired) electrons. The predicted molar refractivity (Wildman–Crippen MR) is 100 cm³/mol. The van der Waals surface area contributed by atoms with Crippen molar-refractivity contribution >= 4 is 56.1 Å². The standard InChI is InChI=1S/C18H10BrClN2O4/c19-12-6-7-14-11(8-12)9-13(16(20)21-14)18(25)26-22-15(17(23)24)10-4-2-1-3-5-10/h1-9H,(H,23,24)/b22-15-. The first-order valence-corrected chi connectivity index (χ1v) is 8.46. The Morgan fingerprint density at radius 2 is 1.85 bits per heavy atom. The van der Waals surface area contributed by atoms with Crippen molar-refractivity contribution < 1.29 is 19.5 Å². The van der Waals surface area contributed by atoms with E-state index in [1.807, 2.05) is 0 Å². The molecule has 0 amide bonds. The van der Waals surface area contributed by atoms with E-state index in [9.17, 15) is 14.7 Å². The van der Waals surface area contributed by atoms with Gasteiger partial charge in [0.05, 0.1) is 5.52 Å². The van der Waals surface area contributed by atoms with Crippen molar-refractivity contribution in [2.45, 2.75) is 0 Å². The number of carboxylic acid groups (broad SMARTS) is 1. The van der Waals surface area contributed by atoms with Crippen molar-refractivity contribution in [1.29, 1.82) is 0 Å². The van der Waals surface area contributed by atoms with E-state index >= 15 is 0 Å². The topological polar surface area (TPSA) is 88.9 Å². The lowest BCUT2D eigenvalue weighted by molar-refractivity contribution is -0.129. The lowest BCUT2D eigenvalue weighted by atomic mass is 10.1. The van der Waals surface area contributed by atoms with Gasteiger partial charge in [-0.25, -0.2) is 14.6 Å². The van der Waals surface area contributed by atoms with Gasteiger partial charge in [0, 0.05) is 15.4 Å². The molecule has 0 aliphatic carbocycles. The summed E-state index contributed by atoms with van der Waals surface area (Å²) in [4.78, 5) is 32.6. The molecule has 8 heteroatoms. The molecule has 0 spiro atoms. The molecule has 1 aromatic heterocycles. The Labute approximate surface area is 161 Å². The monoisotopic (exact) mass is 432 g/mol. The molecule has 26 heavy (non-hydrogen) atoms. The second kappa shape index (κ2) is 7.63. The first-order valence-electron chi connectivity index (χ1n) is 7.29. The smallest absolute Gasteiger partial charge is 0.368 e. The molecule has 2 aromatic carbocycles. The molecule has 1 heterocycles. The third-order valence-electron chi connectivity index (χ3n) is 3.42. The molecule has 0 atom stereocenters. The fourth-order valence-electron chi connectivity index (χ4n) is 2.21. The number of hydrogen-bond acceptors (Lipinski definition) is 5. The predicted octanol–water partition coefficient (Wildman–Crippen LogP) is 4.30. The van der Waals surface area contributed by atoms with Gasteiger partial charge in [0.1, 0.15) is 10.7 Å². The Hall–Kier alpha value is -2.77. The lowest BCUT2D eigenvalue weighted by Crippen LogP contribution is -2.16. The van der Waals surface area contributed by atoms with Gasteiger partial charge in [-0.3, -0.25) is 0 Å². The van der Waals surface area contributed by atoms with Crippen LogP contribution in [0, 0.1) is 0 Å². The maximum absolute atomic E-state index is 12.3. The van der Waals surface area contributed by atoms with Crippen LogP contribution in [-0.4, -0.2) is 27.7 Å². The number of aliphatic carboxylic acids is 1. The molecule has 0 saturated heterocycles. The van der Waals surface area contributed by atoms with E-state index in [2.05, 4.69) is 26.1 Å². The number of benzene rings is 2. The van der Waals surface area contributed by atoms with E-state index < -0.39 is 17.7 Å². The van der Waals surface area contributed by atoms with Crippen molar-refractivity contribution in [3.05, 3.63) is 75.4 Å². The minimum Gasteiger partial charge on any atom is -0.476 e. The number of carbonyl (C=O) groups is 2. The van der Waals surface area contributed by atoms with Crippen LogP contribution in [-0.2, 0) is 9.63 Å². The number of fused-ring (bicyclic) bond motifs is 1. The molecule has 0 aliphatic rings. The summed E-state index contributed by atoms with van der Waals surface area (Å²) in [5, 5.41) is 13.4. The molecule has 0 unspecified atom stereocenters. The van der Waals surface area contributed by atoms with Gasteiger partial charge in [-0.05, 0) is 24.3 Å². The van der Waals surface area contributed by atoms with Crippen LogP contribution >= 0.6 is 27.5 Å². The Balaban J connectivity index is 1.93. The zero-order valence-electron chi connectivity index (χ0n) is 13.0. The van der Waals surface area contributed by atoms with Gasteiger partial charge in [-0.15, -0.1) is 0 Å². The molecule has 0 bridgehead atoms. The first kappa shape index (κ1) is 18.0. The van der Waals surface area contributed by atoms with Crippen molar-refractivity contribution in [3.63, 3.8) is 0 Å². The number of nitrogens with zero attached hydrogens (tertiary/aromatic N) is 2. The molecular formula is C18H10BrClN2O4. The summed E-state index contributed by atoms with van der Waals surface area (Å²) in [5.41, 5.74) is 0.499. The number of pyridine rings is 1. The Morgan fingerprint density at radius 1 is 1.12 bits per heavy atom. The summed E-state index contributed by atoms with van der Waals surface area (Å²) < 4.78 is 0.809. The second-order valence-electron chi connectivity index (χ2n) is 5.15. The average Bonchev–Trinajstić information content (AvgIpc) is 2.62. The molecule has 6 nitrogen and oxygen atoms in total.